The number of aromatic amines is 1. The van der Waals surface area contributed by atoms with Gasteiger partial charge in [0.1, 0.15) is 0 Å². The summed E-state index contributed by atoms with van der Waals surface area (Å²) in [4.78, 5) is 3.21. The van der Waals surface area contributed by atoms with E-state index in [1.807, 2.05) is 33.0 Å². The Balaban J connectivity index is 2.12. The van der Waals surface area contributed by atoms with Gasteiger partial charge >= 0.3 is 6.18 Å². The number of rotatable bonds is 8. The number of H-pyrrole nitrogens is 1. The van der Waals surface area contributed by atoms with Crippen molar-refractivity contribution in [2.45, 2.75) is 45.8 Å². The van der Waals surface area contributed by atoms with Gasteiger partial charge in [-0.1, -0.05) is 31.7 Å². The first-order valence-electron chi connectivity index (χ1n) is 9.16. The van der Waals surface area contributed by atoms with Crippen LogP contribution in [0.5, 0.6) is 0 Å². The predicted molar refractivity (Wildman–Crippen MR) is 109 cm³/mol. The van der Waals surface area contributed by atoms with E-state index in [-0.39, 0.29) is 6.04 Å². The molecule has 1 heterocycles. The molecule has 0 aliphatic heterocycles. The van der Waals surface area contributed by atoms with Gasteiger partial charge in [-0.2, -0.15) is 13.2 Å². The van der Waals surface area contributed by atoms with E-state index in [9.17, 15) is 13.2 Å². The fourth-order valence-corrected chi connectivity index (χ4v) is 3.08. The normalized spacial score (nSPS) is 13.3. The summed E-state index contributed by atoms with van der Waals surface area (Å²) in [5.74, 6) is 0. The maximum atomic E-state index is 12.7. The van der Waals surface area contributed by atoms with Gasteiger partial charge in [0.2, 0.25) is 0 Å². The molecule has 150 valence electrons. The van der Waals surface area contributed by atoms with Crippen LogP contribution in [-0.4, -0.2) is 17.2 Å². The fraction of sp³-hybridized carbons (Fsp3) is 0.318. The van der Waals surface area contributed by atoms with Crippen LogP contribution in [0.15, 0.2) is 48.7 Å². The first kappa shape index (κ1) is 21.5. The third kappa shape index (κ3) is 5.15. The molecule has 0 radical (unpaired) electrons. The summed E-state index contributed by atoms with van der Waals surface area (Å²) in [7, 11) is 0. The number of alkyl halides is 3. The van der Waals surface area contributed by atoms with Gasteiger partial charge in [0.15, 0.2) is 0 Å². The molecule has 0 saturated heterocycles. The maximum Gasteiger partial charge on any atom is 0.416 e. The summed E-state index contributed by atoms with van der Waals surface area (Å²) >= 11 is 0. The van der Waals surface area contributed by atoms with E-state index < -0.39 is 11.7 Å². The SMILES string of the molecule is C=C(NC(C)/C(C=N)=C/CC)c1[nH]cc(Cc2ccc(C(F)(F)F)cc2)c1C. The third-order valence-electron chi connectivity index (χ3n) is 4.72. The monoisotopic (exact) mass is 389 g/mol. The van der Waals surface area contributed by atoms with Crippen molar-refractivity contribution in [3.05, 3.63) is 76.6 Å². The van der Waals surface area contributed by atoms with Gasteiger partial charge in [-0.3, -0.25) is 0 Å². The van der Waals surface area contributed by atoms with E-state index in [2.05, 4.69) is 16.9 Å². The Bertz CT molecular complexity index is 858. The molecule has 28 heavy (non-hydrogen) atoms. The maximum absolute atomic E-state index is 12.7. The molecule has 0 spiro atoms. The average molecular weight is 389 g/mol. The van der Waals surface area contributed by atoms with Gasteiger partial charge in [-0.25, -0.2) is 0 Å². The minimum atomic E-state index is -4.32. The summed E-state index contributed by atoms with van der Waals surface area (Å²) in [6, 6.07) is 5.19. The first-order chi connectivity index (χ1) is 13.2. The van der Waals surface area contributed by atoms with Gasteiger partial charge in [-0.05, 0) is 61.1 Å². The molecule has 0 saturated carbocycles. The van der Waals surface area contributed by atoms with E-state index in [1.165, 1.54) is 18.3 Å². The molecular formula is C22H26F3N3. The smallest absolute Gasteiger partial charge is 0.377 e. The topological polar surface area (TPSA) is 51.7 Å². The summed E-state index contributed by atoms with van der Waals surface area (Å²) in [6.07, 6.45) is 2.25. The minimum Gasteiger partial charge on any atom is -0.377 e. The van der Waals surface area contributed by atoms with E-state index in [0.717, 1.165) is 46.5 Å². The van der Waals surface area contributed by atoms with Gasteiger partial charge < -0.3 is 15.7 Å². The Hall–Kier alpha value is -2.76. The van der Waals surface area contributed by atoms with E-state index in [4.69, 9.17) is 5.41 Å². The standard InChI is InChI=1S/C22H26F3N3/c1-5-6-18(12-26)15(3)28-16(4)21-14(2)19(13-27-21)11-17-7-9-20(10-8-17)22(23,24)25/h6-10,12-13,15,26-28H,4-5,11H2,1-3H3/b18-6+,26-12?. The number of aromatic nitrogens is 1. The lowest BCUT2D eigenvalue weighted by Crippen LogP contribution is -2.27. The average Bonchev–Trinajstić information content (AvgIpc) is 2.99. The number of hydrogen-bond donors (Lipinski definition) is 3. The molecule has 3 nitrogen and oxygen atoms in total. The summed E-state index contributed by atoms with van der Waals surface area (Å²) in [5.41, 5.74) is 4.63. The Morgan fingerprint density at radius 2 is 1.93 bits per heavy atom. The molecule has 0 fully saturated rings. The van der Waals surface area contributed by atoms with Crippen molar-refractivity contribution < 1.29 is 13.2 Å². The Kier molecular flexibility index (Phi) is 6.89. The molecule has 1 aromatic heterocycles. The second kappa shape index (κ2) is 8.95. The van der Waals surface area contributed by atoms with E-state index >= 15 is 0 Å². The highest BCUT2D eigenvalue weighted by atomic mass is 19.4. The van der Waals surface area contributed by atoms with Crippen molar-refractivity contribution in [3.63, 3.8) is 0 Å². The van der Waals surface area contributed by atoms with Gasteiger partial charge in [0, 0.05) is 18.5 Å². The third-order valence-corrected chi connectivity index (χ3v) is 4.72. The van der Waals surface area contributed by atoms with Crippen LogP contribution in [0.3, 0.4) is 0 Å². The van der Waals surface area contributed by atoms with Crippen molar-refractivity contribution in [1.82, 2.24) is 10.3 Å². The van der Waals surface area contributed by atoms with Crippen molar-refractivity contribution in [2.75, 3.05) is 0 Å². The number of benzene rings is 1. The molecule has 1 aromatic carbocycles. The zero-order valence-electron chi connectivity index (χ0n) is 16.4. The van der Waals surface area contributed by atoms with Crippen LogP contribution >= 0.6 is 0 Å². The zero-order valence-corrected chi connectivity index (χ0v) is 16.4. The lowest BCUT2D eigenvalue weighted by atomic mass is 10.0. The number of allylic oxidation sites excluding steroid dienone is 1. The van der Waals surface area contributed by atoms with Gasteiger partial charge in [0.25, 0.3) is 0 Å². The Morgan fingerprint density at radius 3 is 2.46 bits per heavy atom. The molecule has 2 rings (SSSR count). The van der Waals surface area contributed by atoms with E-state index in [1.54, 1.807) is 0 Å². The van der Waals surface area contributed by atoms with Crippen LogP contribution in [0, 0.1) is 12.3 Å². The Morgan fingerprint density at radius 1 is 1.29 bits per heavy atom. The minimum absolute atomic E-state index is 0.0500. The molecule has 0 aliphatic rings. The second-order valence-corrected chi connectivity index (χ2v) is 6.79. The van der Waals surface area contributed by atoms with Crippen LogP contribution < -0.4 is 5.32 Å². The van der Waals surface area contributed by atoms with Gasteiger partial charge in [0.05, 0.1) is 17.0 Å². The molecule has 1 unspecified atom stereocenters. The number of nitrogens with one attached hydrogen (secondary N) is 3. The molecule has 3 N–H and O–H groups in total. The predicted octanol–water partition coefficient (Wildman–Crippen LogP) is 5.87. The molecule has 1 atom stereocenters. The van der Waals surface area contributed by atoms with Crippen molar-refractivity contribution >= 4 is 11.9 Å². The number of halogens is 3. The Labute approximate surface area is 163 Å². The highest BCUT2D eigenvalue weighted by molar-refractivity contribution is 5.78. The molecule has 0 amide bonds. The zero-order chi connectivity index (χ0) is 20.9. The van der Waals surface area contributed by atoms with Crippen LogP contribution in [-0.2, 0) is 12.6 Å². The van der Waals surface area contributed by atoms with Crippen molar-refractivity contribution in [1.29, 1.82) is 5.41 Å². The lowest BCUT2D eigenvalue weighted by molar-refractivity contribution is -0.137. The van der Waals surface area contributed by atoms with Crippen LogP contribution in [0.1, 0.15) is 48.2 Å². The van der Waals surface area contributed by atoms with E-state index in [0.29, 0.717) is 12.1 Å². The summed E-state index contributed by atoms with van der Waals surface area (Å²) < 4.78 is 38.1. The lowest BCUT2D eigenvalue weighted by Gasteiger charge is -2.18. The van der Waals surface area contributed by atoms with Crippen molar-refractivity contribution in [2.24, 2.45) is 0 Å². The van der Waals surface area contributed by atoms with Crippen molar-refractivity contribution in [3.8, 4) is 0 Å². The molecule has 0 bridgehead atoms. The fourth-order valence-electron chi connectivity index (χ4n) is 3.08. The van der Waals surface area contributed by atoms with Crippen LogP contribution in [0.25, 0.3) is 5.70 Å². The quantitative estimate of drug-likeness (QED) is 0.486. The molecule has 2 aromatic rings. The summed E-state index contributed by atoms with van der Waals surface area (Å²) in [5, 5.41) is 10.8. The molecule has 6 heteroatoms. The highest BCUT2D eigenvalue weighted by Gasteiger charge is 2.29. The van der Waals surface area contributed by atoms with Crippen LogP contribution in [0.2, 0.25) is 0 Å². The first-order valence-corrected chi connectivity index (χ1v) is 9.16. The largest absolute Gasteiger partial charge is 0.416 e. The second-order valence-electron chi connectivity index (χ2n) is 6.79. The van der Waals surface area contributed by atoms with Crippen LogP contribution in [0.4, 0.5) is 13.2 Å². The highest BCUT2D eigenvalue weighted by Crippen LogP contribution is 2.30. The van der Waals surface area contributed by atoms with Gasteiger partial charge in [-0.15, -0.1) is 0 Å². The summed E-state index contributed by atoms with van der Waals surface area (Å²) in [6.45, 7) is 10.0. The molecule has 0 aliphatic carbocycles. The molecular weight excluding hydrogens is 363 g/mol. The number of hydrogen-bond acceptors (Lipinski definition) is 2.